The number of hydrogen-bond acceptors (Lipinski definition) is 3. The largest absolute Gasteiger partial charge is 0.294 e. The van der Waals surface area contributed by atoms with Gasteiger partial charge in [-0.25, -0.2) is 5.43 Å². The van der Waals surface area contributed by atoms with Crippen LogP contribution < -0.4 is 5.43 Å². The van der Waals surface area contributed by atoms with Gasteiger partial charge in [0.05, 0.1) is 5.70 Å². The Kier molecular flexibility index (Phi) is 2.97. The molecule has 2 aliphatic rings. The Balaban J connectivity index is 2.36. The highest BCUT2D eigenvalue weighted by Crippen LogP contribution is 2.29. The summed E-state index contributed by atoms with van der Waals surface area (Å²) in [7, 11) is 0. The molecule has 0 fully saturated rings. The van der Waals surface area contributed by atoms with Crippen LogP contribution in [0.2, 0.25) is 0 Å². The molecule has 16 heavy (non-hydrogen) atoms. The molecule has 0 aromatic heterocycles. The number of hydrogen-bond donors (Lipinski definition) is 1. The third-order valence-electron chi connectivity index (χ3n) is 3.08. The van der Waals surface area contributed by atoms with Crippen LogP contribution in [-0.2, 0) is 4.79 Å². The zero-order valence-electron chi connectivity index (χ0n) is 10.1. The van der Waals surface area contributed by atoms with Crippen molar-refractivity contribution in [3.63, 3.8) is 0 Å². The Hall–Kier alpha value is -1.35. The van der Waals surface area contributed by atoms with Gasteiger partial charge in [-0.05, 0) is 31.6 Å². The SMILES string of the molecule is CCC(=O)C1=CC=C(C)N2NC(CC)C=C12. The fourth-order valence-corrected chi connectivity index (χ4v) is 2.04. The minimum atomic E-state index is 0.207. The number of nitrogens with zero attached hydrogens (tertiary/aromatic N) is 1. The Morgan fingerprint density at radius 3 is 2.81 bits per heavy atom. The molecule has 1 N–H and O–H groups in total. The first kappa shape index (κ1) is 11.1. The standard InChI is InChI=1S/C13H18N2O/c1-4-10-8-12-11(13(16)5-2)7-6-9(3)15(12)14-10/h6-8,10,14H,4-5H2,1-3H3. The third-order valence-corrected chi connectivity index (χ3v) is 3.08. The van der Waals surface area contributed by atoms with Crippen molar-refractivity contribution in [2.45, 2.75) is 39.7 Å². The van der Waals surface area contributed by atoms with Crippen molar-refractivity contribution < 1.29 is 4.79 Å². The van der Waals surface area contributed by atoms with E-state index in [1.807, 2.05) is 31.0 Å². The average molecular weight is 218 g/mol. The topological polar surface area (TPSA) is 32.3 Å². The second-order valence-corrected chi connectivity index (χ2v) is 4.20. The van der Waals surface area contributed by atoms with Gasteiger partial charge >= 0.3 is 0 Å². The Labute approximate surface area is 96.5 Å². The summed E-state index contributed by atoms with van der Waals surface area (Å²) in [5, 5.41) is 2.02. The molecule has 0 aliphatic carbocycles. The second-order valence-electron chi connectivity index (χ2n) is 4.20. The zero-order chi connectivity index (χ0) is 11.7. The molecule has 3 heteroatoms. The van der Waals surface area contributed by atoms with E-state index in [1.165, 1.54) is 0 Å². The highest BCUT2D eigenvalue weighted by molar-refractivity contribution is 6.00. The fourth-order valence-electron chi connectivity index (χ4n) is 2.04. The maximum Gasteiger partial charge on any atom is 0.164 e. The van der Waals surface area contributed by atoms with Crippen molar-refractivity contribution in [2.24, 2.45) is 0 Å². The van der Waals surface area contributed by atoms with Crippen LogP contribution in [0.3, 0.4) is 0 Å². The van der Waals surface area contributed by atoms with Gasteiger partial charge in [-0.3, -0.25) is 9.80 Å². The first-order valence-electron chi connectivity index (χ1n) is 5.87. The van der Waals surface area contributed by atoms with Crippen LogP contribution in [-0.4, -0.2) is 16.8 Å². The van der Waals surface area contributed by atoms with E-state index in [-0.39, 0.29) is 5.78 Å². The van der Waals surface area contributed by atoms with Gasteiger partial charge in [0.15, 0.2) is 5.78 Å². The Morgan fingerprint density at radius 1 is 1.44 bits per heavy atom. The Bertz CT molecular complexity index is 404. The van der Waals surface area contributed by atoms with E-state index in [4.69, 9.17) is 0 Å². The average Bonchev–Trinajstić information content (AvgIpc) is 2.73. The molecule has 0 saturated heterocycles. The summed E-state index contributed by atoms with van der Waals surface area (Å²) in [5.41, 5.74) is 6.37. The number of allylic oxidation sites excluding steroid dienone is 4. The molecule has 1 unspecified atom stereocenters. The van der Waals surface area contributed by atoms with Crippen LogP contribution >= 0.6 is 0 Å². The van der Waals surface area contributed by atoms with E-state index in [1.54, 1.807) is 0 Å². The number of ketones is 1. The summed E-state index contributed by atoms with van der Waals surface area (Å²) in [6.07, 6.45) is 7.66. The highest BCUT2D eigenvalue weighted by Gasteiger charge is 2.29. The number of rotatable bonds is 3. The van der Waals surface area contributed by atoms with Crippen molar-refractivity contribution in [3.05, 3.63) is 35.2 Å². The lowest BCUT2D eigenvalue weighted by Crippen LogP contribution is -2.37. The molecule has 2 heterocycles. The first-order chi connectivity index (χ1) is 7.67. The number of nitrogens with one attached hydrogen (secondary N) is 1. The van der Waals surface area contributed by atoms with E-state index in [0.717, 1.165) is 23.4 Å². The van der Waals surface area contributed by atoms with Crippen molar-refractivity contribution in [1.82, 2.24) is 10.4 Å². The molecule has 0 aromatic carbocycles. The van der Waals surface area contributed by atoms with E-state index < -0.39 is 0 Å². The molecule has 0 amide bonds. The number of fused-ring (bicyclic) bond motifs is 1. The van der Waals surface area contributed by atoms with Gasteiger partial charge in [-0.1, -0.05) is 13.8 Å². The van der Waals surface area contributed by atoms with E-state index in [0.29, 0.717) is 12.5 Å². The number of carbonyl (C=O) groups excluding carboxylic acids is 1. The molecule has 2 aliphatic heterocycles. The lowest BCUT2D eigenvalue weighted by Gasteiger charge is -2.27. The molecule has 86 valence electrons. The minimum absolute atomic E-state index is 0.207. The summed E-state index contributed by atoms with van der Waals surface area (Å²) in [6, 6.07) is 0.338. The van der Waals surface area contributed by atoms with E-state index in [2.05, 4.69) is 18.4 Å². The number of Topliss-reactive ketones (excluding diaryl/α,β-unsaturated/α-hetero) is 1. The lowest BCUT2D eigenvalue weighted by molar-refractivity contribution is -0.115. The van der Waals surface area contributed by atoms with Crippen LogP contribution in [0.4, 0.5) is 0 Å². The van der Waals surface area contributed by atoms with Gasteiger partial charge in [0, 0.05) is 23.7 Å². The molecule has 0 bridgehead atoms. The van der Waals surface area contributed by atoms with Crippen molar-refractivity contribution in [3.8, 4) is 0 Å². The van der Waals surface area contributed by atoms with E-state index >= 15 is 0 Å². The van der Waals surface area contributed by atoms with Gasteiger partial charge in [0.25, 0.3) is 0 Å². The molecular weight excluding hydrogens is 200 g/mol. The molecule has 2 rings (SSSR count). The number of hydrazine groups is 1. The van der Waals surface area contributed by atoms with Gasteiger partial charge < -0.3 is 0 Å². The molecular formula is C13H18N2O. The maximum absolute atomic E-state index is 11.8. The van der Waals surface area contributed by atoms with Gasteiger partial charge in [0.1, 0.15) is 0 Å². The van der Waals surface area contributed by atoms with Crippen LogP contribution in [0, 0.1) is 0 Å². The van der Waals surface area contributed by atoms with Crippen molar-refractivity contribution in [2.75, 3.05) is 0 Å². The van der Waals surface area contributed by atoms with Crippen molar-refractivity contribution in [1.29, 1.82) is 0 Å². The normalized spacial score (nSPS) is 23.6. The summed E-state index contributed by atoms with van der Waals surface area (Å²) in [6.45, 7) is 6.08. The molecule has 0 saturated carbocycles. The smallest absolute Gasteiger partial charge is 0.164 e. The quantitative estimate of drug-likeness (QED) is 0.788. The Morgan fingerprint density at radius 2 is 2.19 bits per heavy atom. The van der Waals surface area contributed by atoms with E-state index in [9.17, 15) is 4.79 Å². The van der Waals surface area contributed by atoms with Crippen LogP contribution in [0.5, 0.6) is 0 Å². The van der Waals surface area contributed by atoms with Crippen molar-refractivity contribution >= 4 is 5.78 Å². The second kappa shape index (κ2) is 4.26. The summed E-state index contributed by atoms with van der Waals surface area (Å²) < 4.78 is 0. The molecule has 0 spiro atoms. The predicted molar refractivity (Wildman–Crippen MR) is 64.3 cm³/mol. The summed E-state index contributed by atoms with van der Waals surface area (Å²) in [4.78, 5) is 11.8. The molecule has 0 aromatic rings. The predicted octanol–water partition coefficient (Wildman–Crippen LogP) is 2.29. The van der Waals surface area contributed by atoms with Crippen LogP contribution in [0.25, 0.3) is 0 Å². The molecule has 0 radical (unpaired) electrons. The van der Waals surface area contributed by atoms with Gasteiger partial charge in [0.2, 0.25) is 0 Å². The third kappa shape index (κ3) is 1.71. The van der Waals surface area contributed by atoms with Gasteiger partial charge in [-0.15, -0.1) is 0 Å². The highest BCUT2D eigenvalue weighted by atomic mass is 16.1. The van der Waals surface area contributed by atoms with Crippen LogP contribution in [0.1, 0.15) is 33.6 Å². The summed E-state index contributed by atoms with van der Waals surface area (Å²) in [5.74, 6) is 0.207. The first-order valence-corrected chi connectivity index (χ1v) is 5.87. The molecule has 1 atom stereocenters. The molecule has 3 nitrogen and oxygen atoms in total. The number of carbonyl (C=O) groups is 1. The van der Waals surface area contributed by atoms with Crippen LogP contribution in [0.15, 0.2) is 35.2 Å². The monoisotopic (exact) mass is 218 g/mol. The fraction of sp³-hybridized carbons (Fsp3) is 0.462. The zero-order valence-corrected chi connectivity index (χ0v) is 10.1. The van der Waals surface area contributed by atoms with Gasteiger partial charge in [-0.2, -0.15) is 0 Å². The summed E-state index contributed by atoms with van der Waals surface area (Å²) >= 11 is 0. The maximum atomic E-state index is 11.8. The lowest BCUT2D eigenvalue weighted by atomic mass is 10.0. The minimum Gasteiger partial charge on any atom is -0.294 e.